The number of aromatic carboxylic acids is 1. The smallest absolute Gasteiger partial charge is 0.354 e. The van der Waals surface area contributed by atoms with E-state index in [0.29, 0.717) is 10.5 Å². The minimum absolute atomic E-state index is 0.0276. The summed E-state index contributed by atoms with van der Waals surface area (Å²) in [5.41, 5.74) is 0.622. The van der Waals surface area contributed by atoms with Crippen LogP contribution in [0.3, 0.4) is 0 Å². The fraction of sp³-hybridized carbons (Fsp3) is 0. The summed E-state index contributed by atoms with van der Waals surface area (Å²) in [6.07, 6.45) is 0. The van der Waals surface area contributed by atoms with E-state index in [2.05, 4.69) is 4.98 Å². The molecule has 0 aliphatic rings. The number of pyridine rings is 1. The van der Waals surface area contributed by atoms with Crippen molar-refractivity contribution in [2.24, 2.45) is 0 Å². The maximum absolute atomic E-state index is 10.6. The maximum Gasteiger partial charge on any atom is 0.354 e. The molecule has 0 spiro atoms. The monoisotopic (exact) mass is 207 g/mol. The van der Waals surface area contributed by atoms with Crippen LogP contribution in [0.1, 0.15) is 10.5 Å². The minimum atomic E-state index is -1.04. The largest absolute Gasteiger partial charge is 0.477 e. The Morgan fingerprint density at radius 3 is 2.79 bits per heavy atom. The molecule has 0 saturated carbocycles. The van der Waals surface area contributed by atoms with Crippen molar-refractivity contribution in [2.45, 2.75) is 0 Å². The van der Waals surface area contributed by atoms with Crippen LogP contribution in [0.2, 0.25) is 5.02 Å². The highest BCUT2D eigenvalue weighted by Gasteiger charge is 2.06. The zero-order valence-electron chi connectivity index (χ0n) is 7.07. The lowest BCUT2D eigenvalue weighted by Gasteiger charge is -2.00. The molecule has 0 bridgehead atoms. The number of nitrogens with zero attached hydrogens (tertiary/aromatic N) is 1. The second kappa shape index (κ2) is 3.27. The van der Waals surface area contributed by atoms with Gasteiger partial charge in [-0.1, -0.05) is 17.7 Å². The Hall–Kier alpha value is -1.61. The Morgan fingerprint density at radius 2 is 2.07 bits per heavy atom. The van der Waals surface area contributed by atoms with Crippen LogP contribution in [0.25, 0.3) is 10.9 Å². The van der Waals surface area contributed by atoms with E-state index in [9.17, 15) is 4.79 Å². The molecule has 70 valence electrons. The van der Waals surface area contributed by atoms with Crippen molar-refractivity contribution in [3.05, 3.63) is 41.0 Å². The summed E-state index contributed by atoms with van der Waals surface area (Å²) >= 11 is 5.90. The molecule has 1 aromatic carbocycles. The van der Waals surface area contributed by atoms with Gasteiger partial charge >= 0.3 is 5.97 Å². The number of hydrogen-bond acceptors (Lipinski definition) is 2. The lowest BCUT2D eigenvalue weighted by molar-refractivity contribution is 0.0691. The molecule has 2 rings (SSSR count). The predicted octanol–water partition coefficient (Wildman–Crippen LogP) is 2.59. The molecular formula is C10H6ClNO2. The fourth-order valence-electron chi connectivity index (χ4n) is 1.24. The summed E-state index contributed by atoms with van der Waals surface area (Å²) in [5.74, 6) is -1.04. The Morgan fingerprint density at radius 1 is 1.29 bits per heavy atom. The first kappa shape index (κ1) is 8.97. The number of halogens is 1. The van der Waals surface area contributed by atoms with Crippen molar-refractivity contribution in [3.8, 4) is 0 Å². The first-order valence-corrected chi connectivity index (χ1v) is 4.35. The Balaban J connectivity index is 2.73. The Bertz CT molecular complexity index is 510. The number of hydrogen-bond donors (Lipinski definition) is 1. The third kappa shape index (κ3) is 1.42. The second-order valence-corrected chi connectivity index (χ2v) is 3.22. The summed E-state index contributed by atoms with van der Waals surface area (Å²) in [7, 11) is 0. The molecular weight excluding hydrogens is 202 g/mol. The number of carboxylic acids is 1. The van der Waals surface area contributed by atoms with Crippen LogP contribution in [-0.2, 0) is 0 Å². The molecule has 0 radical (unpaired) electrons. The molecule has 14 heavy (non-hydrogen) atoms. The van der Waals surface area contributed by atoms with Gasteiger partial charge in [0.15, 0.2) is 0 Å². The van der Waals surface area contributed by atoms with E-state index >= 15 is 0 Å². The number of carbonyl (C=O) groups is 1. The third-order valence-electron chi connectivity index (χ3n) is 1.90. The molecule has 0 unspecified atom stereocenters. The summed E-state index contributed by atoms with van der Waals surface area (Å²) in [6, 6.07) is 8.31. The van der Waals surface area contributed by atoms with Gasteiger partial charge in [0.1, 0.15) is 5.69 Å². The number of fused-ring (bicyclic) bond motifs is 1. The molecule has 0 fully saturated rings. The number of benzene rings is 1. The molecule has 0 aliphatic heterocycles. The van der Waals surface area contributed by atoms with E-state index in [0.717, 1.165) is 5.39 Å². The average Bonchev–Trinajstić information content (AvgIpc) is 2.17. The van der Waals surface area contributed by atoms with Gasteiger partial charge in [-0.05, 0) is 24.3 Å². The topological polar surface area (TPSA) is 50.2 Å². The molecule has 1 heterocycles. The molecule has 0 amide bonds. The van der Waals surface area contributed by atoms with Crippen molar-refractivity contribution >= 4 is 28.5 Å². The van der Waals surface area contributed by atoms with Gasteiger partial charge in [0.2, 0.25) is 0 Å². The quantitative estimate of drug-likeness (QED) is 0.782. The molecule has 4 heteroatoms. The highest BCUT2D eigenvalue weighted by Crippen LogP contribution is 2.21. The zero-order valence-corrected chi connectivity index (χ0v) is 7.82. The summed E-state index contributed by atoms with van der Waals surface area (Å²) in [5, 5.41) is 10.1. The van der Waals surface area contributed by atoms with E-state index in [1.54, 1.807) is 24.3 Å². The van der Waals surface area contributed by atoms with Gasteiger partial charge in [-0.15, -0.1) is 0 Å². The van der Waals surface area contributed by atoms with E-state index in [4.69, 9.17) is 16.7 Å². The lowest BCUT2D eigenvalue weighted by atomic mass is 10.2. The SMILES string of the molecule is O=C(O)c1ccc2c(Cl)cccc2n1. The van der Waals surface area contributed by atoms with Crippen LogP contribution in [0.5, 0.6) is 0 Å². The van der Waals surface area contributed by atoms with Gasteiger partial charge < -0.3 is 5.11 Å². The van der Waals surface area contributed by atoms with Crippen LogP contribution >= 0.6 is 11.6 Å². The van der Waals surface area contributed by atoms with Gasteiger partial charge in [0.25, 0.3) is 0 Å². The molecule has 1 N–H and O–H groups in total. The van der Waals surface area contributed by atoms with Gasteiger partial charge in [0, 0.05) is 10.4 Å². The highest BCUT2D eigenvalue weighted by atomic mass is 35.5. The van der Waals surface area contributed by atoms with E-state index in [-0.39, 0.29) is 5.69 Å². The van der Waals surface area contributed by atoms with Crippen molar-refractivity contribution < 1.29 is 9.90 Å². The number of aromatic nitrogens is 1. The fourth-order valence-corrected chi connectivity index (χ4v) is 1.47. The van der Waals surface area contributed by atoms with E-state index in [1.807, 2.05) is 0 Å². The molecule has 0 aliphatic carbocycles. The third-order valence-corrected chi connectivity index (χ3v) is 2.23. The van der Waals surface area contributed by atoms with Gasteiger partial charge in [-0.2, -0.15) is 0 Å². The first-order chi connectivity index (χ1) is 6.68. The van der Waals surface area contributed by atoms with Crippen LogP contribution in [0, 0.1) is 0 Å². The number of carboxylic acid groups (broad SMARTS) is 1. The van der Waals surface area contributed by atoms with Crippen molar-refractivity contribution in [2.75, 3.05) is 0 Å². The second-order valence-electron chi connectivity index (χ2n) is 2.81. The van der Waals surface area contributed by atoms with Crippen LogP contribution < -0.4 is 0 Å². The summed E-state index contributed by atoms with van der Waals surface area (Å²) in [6.45, 7) is 0. The summed E-state index contributed by atoms with van der Waals surface area (Å²) < 4.78 is 0. The van der Waals surface area contributed by atoms with Gasteiger partial charge in [-0.3, -0.25) is 0 Å². The van der Waals surface area contributed by atoms with Crippen molar-refractivity contribution in [1.82, 2.24) is 4.98 Å². The molecule has 0 saturated heterocycles. The molecule has 1 aromatic heterocycles. The van der Waals surface area contributed by atoms with Crippen molar-refractivity contribution in [3.63, 3.8) is 0 Å². The first-order valence-electron chi connectivity index (χ1n) is 3.97. The summed E-state index contributed by atoms with van der Waals surface area (Å²) in [4.78, 5) is 14.6. The molecule has 3 nitrogen and oxygen atoms in total. The van der Waals surface area contributed by atoms with Crippen LogP contribution in [0.15, 0.2) is 30.3 Å². The Kier molecular flexibility index (Phi) is 2.09. The number of rotatable bonds is 1. The van der Waals surface area contributed by atoms with E-state index in [1.165, 1.54) is 6.07 Å². The minimum Gasteiger partial charge on any atom is -0.477 e. The highest BCUT2D eigenvalue weighted by molar-refractivity contribution is 6.35. The molecule has 2 aromatic rings. The van der Waals surface area contributed by atoms with Gasteiger partial charge in [-0.25, -0.2) is 9.78 Å². The van der Waals surface area contributed by atoms with Crippen LogP contribution in [-0.4, -0.2) is 16.1 Å². The lowest BCUT2D eigenvalue weighted by Crippen LogP contribution is -1.99. The zero-order chi connectivity index (χ0) is 10.1. The van der Waals surface area contributed by atoms with E-state index < -0.39 is 5.97 Å². The maximum atomic E-state index is 10.6. The van der Waals surface area contributed by atoms with Crippen LogP contribution in [0.4, 0.5) is 0 Å². The average molecular weight is 208 g/mol. The molecule has 0 atom stereocenters. The van der Waals surface area contributed by atoms with Gasteiger partial charge in [0.05, 0.1) is 5.52 Å². The Labute approximate surface area is 85.0 Å². The predicted molar refractivity (Wildman–Crippen MR) is 53.7 cm³/mol. The van der Waals surface area contributed by atoms with Crippen molar-refractivity contribution in [1.29, 1.82) is 0 Å². The normalized spacial score (nSPS) is 10.4. The standard InChI is InChI=1S/C10H6ClNO2/c11-7-2-1-3-8-6(7)4-5-9(12-8)10(13)14/h1-5H,(H,13,14).